The lowest BCUT2D eigenvalue weighted by molar-refractivity contribution is 1.02. The zero-order chi connectivity index (χ0) is 38.7. The first kappa shape index (κ1) is 35.5. The van der Waals surface area contributed by atoms with Crippen LogP contribution in [0.5, 0.6) is 0 Å². The van der Waals surface area contributed by atoms with Crippen LogP contribution < -0.4 is 10.6 Å². The fourth-order valence-corrected chi connectivity index (χ4v) is 7.08. The van der Waals surface area contributed by atoms with E-state index >= 15 is 0 Å². The molecular weight excluding hydrogens is 728 g/mol. The smallest absolute Gasteiger partial charge is 0.224 e. The topological polar surface area (TPSA) is 127 Å². The molecule has 0 bridgehead atoms. The third-order valence-corrected chi connectivity index (χ3v) is 9.94. The molecule has 2 N–H and O–H groups in total. The van der Waals surface area contributed by atoms with Gasteiger partial charge in [-0.2, -0.15) is 0 Å². The molecule has 0 saturated carbocycles. The maximum Gasteiger partial charge on any atom is 0.224 e. The third kappa shape index (κ3) is 7.46. The van der Waals surface area contributed by atoms with Gasteiger partial charge in [0.1, 0.15) is 18.0 Å². The van der Waals surface area contributed by atoms with Crippen molar-refractivity contribution in [2.24, 2.45) is 0 Å². The molecule has 10 nitrogen and oxygen atoms in total. The van der Waals surface area contributed by atoms with Crippen LogP contribution in [0.1, 0.15) is 22.5 Å². The van der Waals surface area contributed by atoms with Gasteiger partial charge in [-0.15, -0.1) is 0 Å². The Hall–Kier alpha value is -7.17. The molecule has 276 valence electrons. The van der Waals surface area contributed by atoms with Gasteiger partial charge in [-0.1, -0.05) is 91.0 Å². The maximum absolute atomic E-state index is 6.68. The molecule has 11 heteroatoms. The zero-order valence-corrected chi connectivity index (χ0v) is 31.9. The first-order valence-corrected chi connectivity index (χ1v) is 18.9. The molecule has 5 aromatic heterocycles. The van der Waals surface area contributed by atoms with Crippen molar-refractivity contribution in [3.05, 3.63) is 168 Å². The van der Waals surface area contributed by atoms with Crippen molar-refractivity contribution in [1.29, 1.82) is 0 Å². The van der Waals surface area contributed by atoms with E-state index in [9.17, 15) is 0 Å². The van der Waals surface area contributed by atoms with E-state index in [1.807, 2.05) is 68.7 Å². The van der Waals surface area contributed by atoms with E-state index in [1.54, 1.807) is 12.4 Å². The number of halogens is 1. The number of aryl methyl sites for hydroxylation is 2. The van der Waals surface area contributed by atoms with Crippen molar-refractivity contribution in [2.75, 3.05) is 10.6 Å². The van der Waals surface area contributed by atoms with Crippen molar-refractivity contribution in [2.45, 2.75) is 26.9 Å². The molecule has 0 amide bonds. The lowest BCUT2D eigenvalue weighted by Crippen LogP contribution is -2.06. The van der Waals surface area contributed by atoms with Crippen LogP contribution in [0.3, 0.4) is 0 Å². The second kappa shape index (κ2) is 15.5. The molecule has 9 aromatic rings. The highest BCUT2D eigenvalue weighted by Gasteiger charge is 2.19. The molecule has 0 aliphatic carbocycles. The van der Waals surface area contributed by atoms with Gasteiger partial charge in [-0.3, -0.25) is 9.97 Å². The Morgan fingerprint density at radius 3 is 1.74 bits per heavy atom. The van der Waals surface area contributed by atoms with E-state index in [2.05, 4.69) is 97.3 Å². The summed E-state index contributed by atoms with van der Waals surface area (Å²) in [5.74, 6) is 1.86. The minimum absolute atomic E-state index is 0.156. The van der Waals surface area contributed by atoms with Gasteiger partial charge < -0.3 is 10.6 Å². The van der Waals surface area contributed by atoms with Crippen LogP contribution in [0.2, 0.25) is 5.28 Å². The molecule has 0 radical (unpaired) electrons. The number of nitrogens with one attached hydrogen (secondary N) is 2. The van der Waals surface area contributed by atoms with E-state index in [-0.39, 0.29) is 5.28 Å². The van der Waals surface area contributed by atoms with Crippen LogP contribution in [0, 0.1) is 13.8 Å². The first-order chi connectivity index (χ1) is 28.0. The van der Waals surface area contributed by atoms with Crippen LogP contribution in [0.4, 0.5) is 11.6 Å². The summed E-state index contributed by atoms with van der Waals surface area (Å²) in [6.45, 7) is 5.01. The summed E-state index contributed by atoms with van der Waals surface area (Å²) < 4.78 is 0. The van der Waals surface area contributed by atoms with E-state index < -0.39 is 0 Å². The number of nitrogens with zero attached hydrogens (tertiary/aromatic N) is 8. The Kier molecular flexibility index (Phi) is 9.68. The SMILES string of the molecule is Cc1ccc(CNc2nc(-c3cncnc3)nc3cccc(-c4ccc(-c5ccc(-c6ccccc6)c6c(NCc7ccc(C)cn7)nc(Cl)nc56)cc4)c23)nc1. The molecule has 0 saturated heterocycles. The molecule has 4 aromatic carbocycles. The van der Waals surface area contributed by atoms with Crippen LogP contribution in [0.25, 0.3) is 66.6 Å². The minimum Gasteiger partial charge on any atom is -0.364 e. The standard InChI is InChI=1S/C46H35ClN10/c1-28-11-17-34(50-21-28)25-52-44-40-36(9-6-10-39(40)54-43(56-44)33-23-48-27-49-24-33)31-13-15-32(16-14-31)38-20-19-37(30-7-4-3-5-8-30)41-42(38)55-46(47)57-45(41)53-26-35-18-12-29(2)22-51-35/h3-24,27H,25-26H2,1-2H3,(H,52,54,56)(H,53,55,57). The van der Waals surface area contributed by atoms with Gasteiger partial charge in [0.05, 0.1) is 51.8 Å². The summed E-state index contributed by atoms with van der Waals surface area (Å²) >= 11 is 6.68. The van der Waals surface area contributed by atoms with Crippen LogP contribution in [-0.2, 0) is 13.1 Å². The van der Waals surface area contributed by atoms with Gasteiger partial charge in [0.2, 0.25) is 5.28 Å². The second-order valence-corrected chi connectivity index (χ2v) is 14.1. The molecular formula is C46H35ClN10. The molecule has 0 fully saturated rings. The van der Waals surface area contributed by atoms with Crippen molar-refractivity contribution in [3.8, 4) is 44.8 Å². The second-order valence-electron chi connectivity index (χ2n) is 13.8. The molecule has 0 aliphatic heterocycles. The number of hydrogen-bond donors (Lipinski definition) is 2. The van der Waals surface area contributed by atoms with Gasteiger partial charge in [0.25, 0.3) is 0 Å². The van der Waals surface area contributed by atoms with E-state index in [0.29, 0.717) is 30.5 Å². The third-order valence-electron chi connectivity index (χ3n) is 9.78. The van der Waals surface area contributed by atoms with Crippen molar-refractivity contribution in [1.82, 2.24) is 39.9 Å². The number of pyridine rings is 2. The maximum atomic E-state index is 6.68. The van der Waals surface area contributed by atoms with E-state index in [0.717, 1.165) is 83.3 Å². The molecule has 0 spiro atoms. The number of fused-ring (bicyclic) bond motifs is 2. The van der Waals surface area contributed by atoms with Crippen LogP contribution in [-0.4, -0.2) is 39.9 Å². The van der Waals surface area contributed by atoms with Crippen LogP contribution in [0.15, 0.2) is 140 Å². The molecule has 0 aliphatic rings. The van der Waals surface area contributed by atoms with Crippen molar-refractivity contribution in [3.63, 3.8) is 0 Å². The predicted molar refractivity (Wildman–Crippen MR) is 228 cm³/mol. The molecule has 9 rings (SSSR count). The normalized spacial score (nSPS) is 11.2. The lowest BCUT2D eigenvalue weighted by atomic mass is 9.93. The zero-order valence-electron chi connectivity index (χ0n) is 31.1. The van der Waals surface area contributed by atoms with E-state index in [4.69, 9.17) is 31.5 Å². The fraction of sp³-hybridized carbons (Fsp3) is 0.0870. The predicted octanol–water partition coefficient (Wildman–Crippen LogP) is 10.3. The summed E-state index contributed by atoms with van der Waals surface area (Å²) in [5, 5.41) is 9.01. The molecule has 0 atom stereocenters. The number of anilines is 2. The van der Waals surface area contributed by atoms with Crippen molar-refractivity contribution < 1.29 is 0 Å². The number of benzene rings is 4. The Bertz CT molecular complexity index is 2850. The summed E-state index contributed by atoms with van der Waals surface area (Å²) in [7, 11) is 0. The largest absolute Gasteiger partial charge is 0.364 e. The highest BCUT2D eigenvalue weighted by molar-refractivity contribution is 6.29. The van der Waals surface area contributed by atoms with Gasteiger partial charge in [0.15, 0.2) is 5.82 Å². The Balaban J connectivity index is 1.13. The quantitative estimate of drug-likeness (QED) is 0.130. The Morgan fingerprint density at radius 1 is 0.491 bits per heavy atom. The van der Waals surface area contributed by atoms with Crippen molar-refractivity contribution >= 4 is 45.0 Å². The number of hydrogen-bond acceptors (Lipinski definition) is 10. The monoisotopic (exact) mass is 762 g/mol. The summed E-state index contributed by atoms with van der Waals surface area (Å²) in [5.41, 5.74) is 12.2. The Morgan fingerprint density at radius 2 is 1.09 bits per heavy atom. The van der Waals surface area contributed by atoms with Gasteiger partial charge in [0, 0.05) is 30.4 Å². The first-order valence-electron chi connectivity index (χ1n) is 18.5. The Labute approximate surface area is 334 Å². The number of aromatic nitrogens is 8. The molecule has 57 heavy (non-hydrogen) atoms. The lowest BCUT2D eigenvalue weighted by Gasteiger charge is -2.17. The highest BCUT2D eigenvalue weighted by atomic mass is 35.5. The average molecular weight is 763 g/mol. The number of rotatable bonds is 10. The highest BCUT2D eigenvalue weighted by Crippen LogP contribution is 2.40. The minimum atomic E-state index is 0.156. The average Bonchev–Trinajstić information content (AvgIpc) is 3.25. The van der Waals surface area contributed by atoms with Gasteiger partial charge in [-0.05, 0) is 82.6 Å². The summed E-state index contributed by atoms with van der Waals surface area (Å²) in [4.78, 5) is 37.1. The van der Waals surface area contributed by atoms with Crippen LogP contribution >= 0.6 is 11.6 Å². The van der Waals surface area contributed by atoms with Gasteiger partial charge >= 0.3 is 0 Å². The van der Waals surface area contributed by atoms with Gasteiger partial charge in [-0.25, -0.2) is 29.9 Å². The molecule has 5 heterocycles. The van der Waals surface area contributed by atoms with E-state index in [1.165, 1.54) is 6.33 Å². The molecule has 0 unspecified atom stereocenters. The fourth-order valence-electron chi connectivity index (χ4n) is 6.91. The summed E-state index contributed by atoms with van der Waals surface area (Å²) in [6.07, 6.45) is 8.67. The summed E-state index contributed by atoms with van der Waals surface area (Å²) in [6, 6.07) is 37.2.